The van der Waals surface area contributed by atoms with E-state index in [0.29, 0.717) is 11.6 Å². The van der Waals surface area contributed by atoms with Crippen LogP contribution in [0, 0.1) is 5.92 Å². The molecule has 2 amide bonds. The number of amides is 2. The molecule has 6 nitrogen and oxygen atoms in total. The molecule has 1 atom stereocenters. The first-order valence-corrected chi connectivity index (χ1v) is 9.82. The second-order valence-electron chi connectivity index (χ2n) is 7.32. The van der Waals surface area contributed by atoms with Gasteiger partial charge in [-0.3, -0.25) is 9.59 Å². The van der Waals surface area contributed by atoms with Crippen molar-refractivity contribution in [3.05, 3.63) is 90.1 Å². The van der Waals surface area contributed by atoms with Crippen LogP contribution < -0.4 is 15.4 Å². The summed E-state index contributed by atoms with van der Waals surface area (Å²) in [5.41, 5.74) is 2.43. The van der Waals surface area contributed by atoms with Crippen LogP contribution >= 0.6 is 0 Å². The summed E-state index contributed by atoms with van der Waals surface area (Å²) in [5, 5.41) is 5.51. The molecule has 1 aliphatic rings. The summed E-state index contributed by atoms with van der Waals surface area (Å²) in [5.74, 6) is -0.169. The van der Waals surface area contributed by atoms with Crippen LogP contribution in [0.4, 0.5) is 5.69 Å². The summed E-state index contributed by atoms with van der Waals surface area (Å²) in [6.07, 6.45) is 2.23. The average Bonchev–Trinajstić information content (AvgIpc) is 3.56. The standard InChI is InChI=1S/C24H23N3O3/c1-30-22-13-12-19(15-25-22)27-21(28)16-26-23(29)20-14-24(20,17-8-4-2-5-9-17)18-10-6-3-7-11-18/h2-13,15,20H,14,16H2,1H3,(H,26,29)(H,27,28). The molecule has 0 aliphatic heterocycles. The van der Waals surface area contributed by atoms with Gasteiger partial charge in [0.25, 0.3) is 0 Å². The topological polar surface area (TPSA) is 80.3 Å². The lowest BCUT2D eigenvalue weighted by molar-refractivity contribution is -0.125. The molecule has 1 heterocycles. The van der Waals surface area contributed by atoms with E-state index in [4.69, 9.17) is 4.74 Å². The Morgan fingerprint density at radius 3 is 2.17 bits per heavy atom. The molecule has 1 aliphatic carbocycles. The Bertz CT molecular complexity index is 981. The molecule has 30 heavy (non-hydrogen) atoms. The third kappa shape index (κ3) is 3.89. The Kier molecular flexibility index (Phi) is 5.48. The molecule has 1 fully saturated rings. The summed E-state index contributed by atoms with van der Waals surface area (Å²) < 4.78 is 5.00. The first kappa shape index (κ1) is 19.6. The smallest absolute Gasteiger partial charge is 0.243 e. The fourth-order valence-corrected chi connectivity index (χ4v) is 3.93. The molecule has 1 aromatic heterocycles. The van der Waals surface area contributed by atoms with E-state index < -0.39 is 0 Å². The second-order valence-corrected chi connectivity index (χ2v) is 7.32. The molecule has 0 bridgehead atoms. The van der Waals surface area contributed by atoms with Gasteiger partial charge in [0, 0.05) is 11.5 Å². The van der Waals surface area contributed by atoms with E-state index in [9.17, 15) is 9.59 Å². The number of hydrogen-bond donors (Lipinski definition) is 2. The molecule has 2 N–H and O–H groups in total. The maximum Gasteiger partial charge on any atom is 0.243 e. The van der Waals surface area contributed by atoms with Crippen LogP contribution in [-0.4, -0.2) is 30.5 Å². The molecule has 0 spiro atoms. The van der Waals surface area contributed by atoms with Gasteiger partial charge >= 0.3 is 0 Å². The van der Waals surface area contributed by atoms with Crippen molar-refractivity contribution >= 4 is 17.5 Å². The van der Waals surface area contributed by atoms with E-state index in [1.807, 2.05) is 36.4 Å². The quantitative estimate of drug-likeness (QED) is 0.637. The lowest BCUT2D eigenvalue weighted by Crippen LogP contribution is -2.35. The van der Waals surface area contributed by atoms with Crippen LogP contribution in [0.2, 0.25) is 0 Å². The predicted molar refractivity (Wildman–Crippen MR) is 114 cm³/mol. The minimum Gasteiger partial charge on any atom is -0.481 e. The maximum absolute atomic E-state index is 12.9. The van der Waals surface area contributed by atoms with E-state index in [1.54, 1.807) is 12.1 Å². The van der Waals surface area contributed by atoms with Gasteiger partial charge < -0.3 is 15.4 Å². The summed E-state index contributed by atoms with van der Waals surface area (Å²) in [6.45, 7) is -0.0962. The van der Waals surface area contributed by atoms with Crippen molar-refractivity contribution in [2.24, 2.45) is 5.92 Å². The molecule has 3 aromatic rings. The number of anilines is 1. The van der Waals surface area contributed by atoms with Crippen molar-refractivity contribution in [2.75, 3.05) is 19.0 Å². The van der Waals surface area contributed by atoms with E-state index >= 15 is 0 Å². The van der Waals surface area contributed by atoms with Gasteiger partial charge in [-0.2, -0.15) is 0 Å². The van der Waals surface area contributed by atoms with E-state index in [1.165, 1.54) is 13.3 Å². The summed E-state index contributed by atoms with van der Waals surface area (Å²) in [4.78, 5) is 29.2. The Morgan fingerprint density at radius 2 is 1.63 bits per heavy atom. The summed E-state index contributed by atoms with van der Waals surface area (Å²) in [7, 11) is 1.53. The van der Waals surface area contributed by atoms with Gasteiger partial charge in [0.05, 0.1) is 31.5 Å². The van der Waals surface area contributed by atoms with E-state index in [2.05, 4.69) is 39.9 Å². The first-order chi connectivity index (χ1) is 14.6. The van der Waals surface area contributed by atoms with Gasteiger partial charge in [0.2, 0.25) is 17.7 Å². The number of carbonyl (C=O) groups is 2. The fraction of sp³-hybridized carbons (Fsp3) is 0.208. The lowest BCUT2D eigenvalue weighted by Gasteiger charge is -2.19. The Labute approximate surface area is 175 Å². The fourth-order valence-electron chi connectivity index (χ4n) is 3.93. The number of methoxy groups -OCH3 is 1. The number of aromatic nitrogens is 1. The maximum atomic E-state index is 12.9. The van der Waals surface area contributed by atoms with Gasteiger partial charge in [0.1, 0.15) is 0 Å². The average molecular weight is 401 g/mol. The number of nitrogens with one attached hydrogen (secondary N) is 2. The van der Waals surface area contributed by atoms with E-state index in [0.717, 1.165) is 17.5 Å². The molecule has 1 saturated carbocycles. The lowest BCUT2D eigenvalue weighted by atomic mass is 9.85. The van der Waals surface area contributed by atoms with Crippen LogP contribution in [0.25, 0.3) is 0 Å². The normalized spacial score (nSPS) is 16.4. The van der Waals surface area contributed by atoms with Crippen LogP contribution in [0.5, 0.6) is 5.88 Å². The van der Waals surface area contributed by atoms with Crippen LogP contribution in [0.15, 0.2) is 79.0 Å². The molecular formula is C24H23N3O3. The molecule has 152 valence electrons. The molecule has 1 unspecified atom stereocenters. The zero-order valence-corrected chi connectivity index (χ0v) is 16.7. The van der Waals surface area contributed by atoms with Crippen molar-refractivity contribution in [3.63, 3.8) is 0 Å². The number of carbonyl (C=O) groups excluding carboxylic acids is 2. The predicted octanol–water partition coefficient (Wildman–Crippen LogP) is 3.15. The zero-order valence-electron chi connectivity index (χ0n) is 16.7. The van der Waals surface area contributed by atoms with Crippen molar-refractivity contribution < 1.29 is 14.3 Å². The van der Waals surface area contributed by atoms with Gasteiger partial charge in [-0.1, -0.05) is 60.7 Å². The van der Waals surface area contributed by atoms with E-state index in [-0.39, 0.29) is 29.7 Å². The molecule has 6 heteroatoms. The number of benzene rings is 2. The summed E-state index contributed by atoms with van der Waals surface area (Å²) in [6, 6.07) is 23.5. The minimum atomic E-state index is -0.344. The highest BCUT2D eigenvalue weighted by molar-refractivity contribution is 5.95. The number of pyridine rings is 1. The van der Waals surface area contributed by atoms with Crippen molar-refractivity contribution in [3.8, 4) is 5.88 Å². The molecule has 2 aromatic carbocycles. The van der Waals surface area contributed by atoms with Crippen molar-refractivity contribution in [1.29, 1.82) is 0 Å². The minimum absolute atomic E-state index is 0.0962. The van der Waals surface area contributed by atoms with Crippen LogP contribution in [-0.2, 0) is 15.0 Å². The number of nitrogens with zero attached hydrogens (tertiary/aromatic N) is 1. The highest BCUT2D eigenvalue weighted by Gasteiger charge is 2.60. The Hall–Kier alpha value is -3.67. The SMILES string of the molecule is COc1ccc(NC(=O)CNC(=O)C2CC2(c2ccccc2)c2ccccc2)cn1. The van der Waals surface area contributed by atoms with Crippen molar-refractivity contribution in [2.45, 2.75) is 11.8 Å². The molecule has 0 radical (unpaired) electrons. The van der Waals surface area contributed by atoms with Gasteiger partial charge in [-0.05, 0) is 23.6 Å². The Balaban J connectivity index is 1.41. The van der Waals surface area contributed by atoms with Crippen LogP contribution in [0.3, 0.4) is 0 Å². The molecule has 0 saturated heterocycles. The first-order valence-electron chi connectivity index (χ1n) is 9.82. The van der Waals surface area contributed by atoms with Gasteiger partial charge in [0.15, 0.2) is 0 Å². The highest BCUT2D eigenvalue weighted by Crippen LogP contribution is 2.58. The summed E-state index contributed by atoms with van der Waals surface area (Å²) >= 11 is 0. The molecular weight excluding hydrogens is 378 g/mol. The number of ether oxygens (including phenoxy) is 1. The largest absolute Gasteiger partial charge is 0.481 e. The molecule has 4 rings (SSSR count). The third-order valence-corrected chi connectivity index (χ3v) is 5.51. The number of rotatable bonds is 7. The van der Waals surface area contributed by atoms with Crippen molar-refractivity contribution in [1.82, 2.24) is 10.3 Å². The monoisotopic (exact) mass is 401 g/mol. The Morgan fingerprint density at radius 1 is 1.00 bits per heavy atom. The van der Waals surface area contributed by atoms with Crippen LogP contribution in [0.1, 0.15) is 17.5 Å². The third-order valence-electron chi connectivity index (χ3n) is 5.51. The second kappa shape index (κ2) is 8.37. The van der Waals surface area contributed by atoms with Gasteiger partial charge in [-0.15, -0.1) is 0 Å². The zero-order chi connectivity index (χ0) is 21.0. The number of hydrogen-bond acceptors (Lipinski definition) is 4. The van der Waals surface area contributed by atoms with Gasteiger partial charge in [-0.25, -0.2) is 4.98 Å². The highest BCUT2D eigenvalue weighted by atomic mass is 16.5.